The fourth-order valence-electron chi connectivity index (χ4n) is 1.54. The van der Waals surface area contributed by atoms with Gasteiger partial charge in [-0.2, -0.15) is 0 Å². The Morgan fingerprint density at radius 1 is 1.43 bits per heavy atom. The molecule has 1 aliphatic rings. The van der Waals surface area contributed by atoms with Crippen molar-refractivity contribution in [3.05, 3.63) is 0 Å². The average molecular weight is 203 g/mol. The molecule has 1 aliphatic heterocycles. The van der Waals surface area contributed by atoms with E-state index in [4.69, 9.17) is 14.9 Å². The topological polar surface area (TPSA) is 61.7 Å². The number of ether oxygens (including phenoxy) is 1. The minimum atomic E-state index is -0.428. The molecule has 1 saturated heterocycles. The second kappa shape index (κ2) is 5.07. The molecule has 14 heavy (non-hydrogen) atoms. The maximum atomic E-state index is 9.09. The van der Waals surface area contributed by atoms with Crippen molar-refractivity contribution in [1.29, 1.82) is 0 Å². The Morgan fingerprint density at radius 3 is 2.50 bits per heavy atom. The van der Waals surface area contributed by atoms with Crippen LogP contribution < -0.4 is 5.32 Å². The summed E-state index contributed by atoms with van der Waals surface area (Å²) in [5.41, 5.74) is -0.428. The van der Waals surface area contributed by atoms with Gasteiger partial charge in [0, 0.05) is 24.6 Å². The molecule has 2 unspecified atom stereocenters. The van der Waals surface area contributed by atoms with Crippen LogP contribution in [0, 0.1) is 5.41 Å². The summed E-state index contributed by atoms with van der Waals surface area (Å²) < 4.78 is 5.41. The normalized spacial score (nSPS) is 28.3. The van der Waals surface area contributed by atoms with Crippen LogP contribution in [0.5, 0.6) is 0 Å². The first-order valence-corrected chi connectivity index (χ1v) is 5.18. The number of nitrogens with one attached hydrogen (secondary N) is 1. The smallest absolute Gasteiger partial charge is 0.0700 e. The van der Waals surface area contributed by atoms with Gasteiger partial charge in [0.25, 0.3) is 0 Å². The first kappa shape index (κ1) is 11.9. The first-order valence-electron chi connectivity index (χ1n) is 5.18. The standard InChI is InChI=1S/C10H21NO3/c1-8-9(3-4-14-8)11-5-10(2,6-12)7-13/h8-9,11-13H,3-7H2,1-2H3. The van der Waals surface area contributed by atoms with Crippen LogP contribution in [0.25, 0.3) is 0 Å². The van der Waals surface area contributed by atoms with Crippen LogP contribution in [0.15, 0.2) is 0 Å². The number of aliphatic hydroxyl groups is 2. The van der Waals surface area contributed by atoms with Crippen LogP contribution in [-0.4, -0.2) is 48.7 Å². The maximum absolute atomic E-state index is 9.09. The van der Waals surface area contributed by atoms with E-state index in [0.29, 0.717) is 12.6 Å². The number of hydrogen-bond donors (Lipinski definition) is 3. The van der Waals surface area contributed by atoms with Crippen LogP contribution in [0.4, 0.5) is 0 Å². The monoisotopic (exact) mass is 203 g/mol. The van der Waals surface area contributed by atoms with Gasteiger partial charge in [0.1, 0.15) is 0 Å². The largest absolute Gasteiger partial charge is 0.396 e. The lowest BCUT2D eigenvalue weighted by atomic mass is 9.92. The van der Waals surface area contributed by atoms with E-state index in [2.05, 4.69) is 5.32 Å². The van der Waals surface area contributed by atoms with E-state index in [1.54, 1.807) is 0 Å². The third-order valence-corrected chi connectivity index (χ3v) is 2.93. The fourth-order valence-corrected chi connectivity index (χ4v) is 1.54. The molecule has 4 heteroatoms. The van der Waals surface area contributed by atoms with E-state index >= 15 is 0 Å². The Balaban J connectivity index is 2.31. The molecule has 3 N–H and O–H groups in total. The van der Waals surface area contributed by atoms with Gasteiger partial charge >= 0.3 is 0 Å². The highest BCUT2D eigenvalue weighted by molar-refractivity contribution is 4.83. The summed E-state index contributed by atoms with van der Waals surface area (Å²) in [7, 11) is 0. The lowest BCUT2D eigenvalue weighted by Gasteiger charge is -2.27. The molecule has 0 amide bonds. The molecule has 0 spiro atoms. The van der Waals surface area contributed by atoms with E-state index in [1.807, 2.05) is 13.8 Å². The number of aliphatic hydroxyl groups excluding tert-OH is 2. The van der Waals surface area contributed by atoms with E-state index < -0.39 is 5.41 Å². The van der Waals surface area contributed by atoms with Gasteiger partial charge < -0.3 is 20.3 Å². The van der Waals surface area contributed by atoms with Gasteiger partial charge in [-0.1, -0.05) is 6.92 Å². The van der Waals surface area contributed by atoms with Crippen molar-refractivity contribution in [3.8, 4) is 0 Å². The Bertz CT molecular complexity index is 171. The fraction of sp³-hybridized carbons (Fsp3) is 1.00. The third kappa shape index (κ3) is 2.92. The van der Waals surface area contributed by atoms with E-state index in [1.165, 1.54) is 0 Å². The lowest BCUT2D eigenvalue weighted by Crippen LogP contribution is -2.44. The zero-order chi connectivity index (χ0) is 10.6. The summed E-state index contributed by atoms with van der Waals surface area (Å²) in [4.78, 5) is 0. The summed E-state index contributed by atoms with van der Waals surface area (Å²) in [6, 6.07) is 0.354. The molecule has 84 valence electrons. The maximum Gasteiger partial charge on any atom is 0.0700 e. The Morgan fingerprint density at radius 2 is 2.07 bits per heavy atom. The summed E-state index contributed by atoms with van der Waals surface area (Å²) >= 11 is 0. The lowest BCUT2D eigenvalue weighted by molar-refractivity contribution is 0.0613. The molecule has 0 radical (unpaired) electrons. The number of hydrogen-bond acceptors (Lipinski definition) is 4. The molecule has 0 aromatic rings. The zero-order valence-corrected chi connectivity index (χ0v) is 8.99. The van der Waals surface area contributed by atoms with Gasteiger partial charge in [0.15, 0.2) is 0 Å². The predicted octanol–water partition coefficient (Wildman–Crippen LogP) is -0.256. The van der Waals surface area contributed by atoms with Crippen LogP contribution in [0.1, 0.15) is 20.3 Å². The molecular formula is C10H21NO3. The molecule has 4 nitrogen and oxygen atoms in total. The highest BCUT2D eigenvalue weighted by atomic mass is 16.5. The molecule has 0 bridgehead atoms. The van der Waals surface area contributed by atoms with Gasteiger partial charge in [-0.15, -0.1) is 0 Å². The second-order valence-electron chi connectivity index (χ2n) is 4.48. The summed E-state index contributed by atoms with van der Waals surface area (Å²) in [5, 5.41) is 21.5. The van der Waals surface area contributed by atoms with Crippen LogP contribution in [0.2, 0.25) is 0 Å². The second-order valence-corrected chi connectivity index (χ2v) is 4.48. The quantitative estimate of drug-likeness (QED) is 0.576. The van der Waals surface area contributed by atoms with Crippen LogP contribution >= 0.6 is 0 Å². The van der Waals surface area contributed by atoms with Crippen molar-refractivity contribution >= 4 is 0 Å². The molecule has 0 aromatic carbocycles. The number of rotatable bonds is 5. The summed E-state index contributed by atoms with van der Waals surface area (Å²) in [6.45, 7) is 5.32. The minimum Gasteiger partial charge on any atom is -0.396 e. The predicted molar refractivity (Wildman–Crippen MR) is 54.1 cm³/mol. The third-order valence-electron chi connectivity index (χ3n) is 2.93. The molecule has 0 aliphatic carbocycles. The van der Waals surface area contributed by atoms with Crippen molar-refractivity contribution < 1.29 is 14.9 Å². The average Bonchev–Trinajstić information content (AvgIpc) is 2.61. The molecule has 0 saturated carbocycles. The molecule has 1 rings (SSSR count). The molecule has 1 fully saturated rings. The van der Waals surface area contributed by atoms with Crippen molar-refractivity contribution in [2.45, 2.75) is 32.4 Å². The molecular weight excluding hydrogens is 182 g/mol. The molecule has 1 heterocycles. The van der Waals surface area contributed by atoms with Gasteiger partial charge in [-0.25, -0.2) is 0 Å². The summed E-state index contributed by atoms with van der Waals surface area (Å²) in [6.07, 6.45) is 1.24. The van der Waals surface area contributed by atoms with Gasteiger partial charge in [-0.3, -0.25) is 0 Å². The van der Waals surface area contributed by atoms with E-state index in [-0.39, 0.29) is 19.3 Å². The molecule has 2 atom stereocenters. The SMILES string of the molecule is CC1OCCC1NCC(C)(CO)CO. The first-order chi connectivity index (χ1) is 6.61. The van der Waals surface area contributed by atoms with Crippen LogP contribution in [0.3, 0.4) is 0 Å². The Kier molecular flexibility index (Phi) is 4.31. The van der Waals surface area contributed by atoms with Crippen molar-refractivity contribution in [1.82, 2.24) is 5.32 Å². The van der Waals surface area contributed by atoms with Crippen molar-refractivity contribution in [3.63, 3.8) is 0 Å². The van der Waals surface area contributed by atoms with Crippen molar-refractivity contribution in [2.75, 3.05) is 26.4 Å². The summed E-state index contributed by atoms with van der Waals surface area (Å²) in [5.74, 6) is 0. The Hall–Kier alpha value is -0.160. The van der Waals surface area contributed by atoms with Gasteiger partial charge in [-0.05, 0) is 13.3 Å². The highest BCUT2D eigenvalue weighted by Crippen LogP contribution is 2.16. The van der Waals surface area contributed by atoms with Gasteiger partial charge in [0.05, 0.1) is 19.3 Å². The van der Waals surface area contributed by atoms with Crippen molar-refractivity contribution in [2.24, 2.45) is 5.41 Å². The van der Waals surface area contributed by atoms with Crippen LogP contribution in [-0.2, 0) is 4.74 Å². The zero-order valence-electron chi connectivity index (χ0n) is 8.99. The Labute approximate surface area is 85.3 Å². The minimum absolute atomic E-state index is 0.00153. The van der Waals surface area contributed by atoms with Gasteiger partial charge in [0.2, 0.25) is 0 Å². The van der Waals surface area contributed by atoms with E-state index in [9.17, 15) is 0 Å². The highest BCUT2D eigenvalue weighted by Gasteiger charge is 2.28. The van der Waals surface area contributed by atoms with E-state index in [0.717, 1.165) is 13.0 Å². The molecule has 0 aromatic heterocycles.